The van der Waals surface area contributed by atoms with E-state index in [0.29, 0.717) is 6.42 Å². The van der Waals surface area contributed by atoms with Crippen molar-refractivity contribution in [1.29, 1.82) is 0 Å². The first-order valence-corrected chi connectivity index (χ1v) is 11.7. The molecule has 3 aliphatic heterocycles. The van der Waals surface area contributed by atoms with Crippen LogP contribution in [0.3, 0.4) is 0 Å². The molecule has 0 spiro atoms. The number of aliphatic hydroxyl groups excluding tert-OH is 4. The van der Waals surface area contributed by atoms with Crippen LogP contribution in [0.5, 0.6) is 5.75 Å². The van der Waals surface area contributed by atoms with Gasteiger partial charge in [-0.2, -0.15) is 0 Å². The number of fused-ring (bicyclic) bond motifs is 1. The third kappa shape index (κ3) is 5.48. The minimum absolute atomic E-state index is 0.0587. The van der Waals surface area contributed by atoms with Crippen LogP contribution in [0.2, 0.25) is 0 Å². The molecule has 9 unspecified atom stereocenters. The summed E-state index contributed by atoms with van der Waals surface area (Å²) in [7, 11) is 0. The van der Waals surface area contributed by atoms with Crippen molar-refractivity contribution >= 4 is 11.9 Å². The maximum atomic E-state index is 12.9. The SMILES string of the molecule is CC1OC(=O)CC2C(C(=O)OCCc3ccc(O)cc3)=COC(OC3OC(CO)C(O)C(O)C3O)C12. The van der Waals surface area contributed by atoms with E-state index in [0.717, 1.165) is 11.8 Å². The number of ether oxygens (including phenoxy) is 5. The second-order valence-electron chi connectivity index (χ2n) is 9.05. The molecule has 0 radical (unpaired) electrons. The van der Waals surface area contributed by atoms with Gasteiger partial charge in [0.05, 0.1) is 37.4 Å². The van der Waals surface area contributed by atoms with Crippen LogP contribution in [0, 0.1) is 11.8 Å². The summed E-state index contributed by atoms with van der Waals surface area (Å²) in [6.07, 6.45) is -7.95. The fraction of sp³-hybridized carbons (Fsp3) is 0.583. The molecule has 12 nitrogen and oxygen atoms in total. The average molecular weight is 510 g/mol. The summed E-state index contributed by atoms with van der Waals surface area (Å²) in [6, 6.07) is 6.48. The van der Waals surface area contributed by atoms with E-state index >= 15 is 0 Å². The fourth-order valence-corrected chi connectivity index (χ4v) is 4.67. The summed E-state index contributed by atoms with van der Waals surface area (Å²) in [5.41, 5.74) is 0.984. The average Bonchev–Trinajstić information content (AvgIpc) is 2.85. The number of phenols is 1. The van der Waals surface area contributed by atoms with Gasteiger partial charge in [0, 0.05) is 12.3 Å². The van der Waals surface area contributed by atoms with Crippen molar-refractivity contribution in [3.8, 4) is 5.75 Å². The molecule has 1 aromatic carbocycles. The molecule has 0 amide bonds. The van der Waals surface area contributed by atoms with Gasteiger partial charge < -0.3 is 49.2 Å². The van der Waals surface area contributed by atoms with Gasteiger partial charge >= 0.3 is 11.9 Å². The molecule has 1 aromatic rings. The smallest absolute Gasteiger partial charge is 0.337 e. The van der Waals surface area contributed by atoms with E-state index in [1.54, 1.807) is 19.1 Å². The van der Waals surface area contributed by atoms with Crippen molar-refractivity contribution in [3.63, 3.8) is 0 Å². The van der Waals surface area contributed by atoms with Crippen molar-refractivity contribution in [2.24, 2.45) is 11.8 Å². The highest BCUT2D eigenvalue weighted by Gasteiger charge is 2.52. The minimum atomic E-state index is -1.65. The van der Waals surface area contributed by atoms with Gasteiger partial charge in [0.15, 0.2) is 6.29 Å². The predicted octanol–water partition coefficient (Wildman–Crippen LogP) is -0.898. The topological polar surface area (TPSA) is 181 Å². The first-order valence-electron chi connectivity index (χ1n) is 11.7. The van der Waals surface area contributed by atoms with Crippen LogP contribution in [-0.4, -0.2) is 93.8 Å². The van der Waals surface area contributed by atoms with Crippen LogP contribution in [-0.2, 0) is 39.7 Å². The number of carbonyl (C=O) groups is 2. The molecular weight excluding hydrogens is 480 g/mol. The van der Waals surface area contributed by atoms with E-state index < -0.39 is 73.5 Å². The van der Waals surface area contributed by atoms with Crippen LogP contribution >= 0.6 is 0 Å². The number of phenolic OH excluding ortho intramolecular Hbond substituents is 1. The monoisotopic (exact) mass is 510 g/mol. The molecule has 0 aromatic heterocycles. The number of aliphatic hydroxyl groups is 4. The predicted molar refractivity (Wildman–Crippen MR) is 118 cm³/mol. The second-order valence-corrected chi connectivity index (χ2v) is 9.05. The molecule has 0 aliphatic carbocycles. The number of cyclic esters (lactones) is 1. The molecule has 198 valence electrons. The van der Waals surface area contributed by atoms with E-state index in [-0.39, 0.29) is 24.4 Å². The van der Waals surface area contributed by atoms with Gasteiger partial charge in [-0.05, 0) is 24.6 Å². The summed E-state index contributed by atoms with van der Waals surface area (Å²) in [4.78, 5) is 25.0. The number of hydrogen-bond donors (Lipinski definition) is 5. The van der Waals surface area contributed by atoms with Crippen LogP contribution in [0.25, 0.3) is 0 Å². The standard InChI is InChI=1S/C24H30O12/c1-11-18-14(8-17(27)34-11)15(22(31)32-7-6-12-2-4-13(26)5-3-12)10-33-23(18)36-24-21(30)20(29)19(28)16(9-25)35-24/h2-5,10-11,14,16,18-21,23-26,28-30H,6-9H2,1H3. The van der Waals surface area contributed by atoms with E-state index in [2.05, 4.69) is 0 Å². The molecule has 2 saturated heterocycles. The highest BCUT2D eigenvalue weighted by atomic mass is 16.8. The Morgan fingerprint density at radius 2 is 1.81 bits per heavy atom. The number of carbonyl (C=O) groups excluding carboxylic acids is 2. The molecule has 9 atom stereocenters. The molecule has 12 heteroatoms. The molecule has 3 heterocycles. The van der Waals surface area contributed by atoms with Crippen molar-refractivity contribution in [3.05, 3.63) is 41.7 Å². The van der Waals surface area contributed by atoms with Gasteiger partial charge in [-0.25, -0.2) is 4.79 Å². The third-order valence-corrected chi connectivity index (χ3v) is 6.67. The zero-order valence-corrected chi connectivity index (χ0v) is 19.5. The molecule has 36 heavy (non-hydrogen) atoms. The Balaban J connectivity index is 1.46. The number of rotatable bonds is 7. The fourth-order valence-electron chi connectivity index (χ4n) is 4.67. The highest BCUT2D eigenvalue weighted by molar-refractivity contribution is 5.90. The molecule has 2 fully saturated rings. The Morgan fingerprint density at radius 1 is 1.08 bits per heavy atom. The summed E-state index contributed by atoms with van der Waals surface area (Å²) in [6.45, 7) is 1.04. The molecular formula is C24H30O12. The summed E-state index contributed by atoms with van der Waals surface area (Å²) in [5, 5.41) is 49.1. The molecule has 5 N–H and O–H groups in total. The van der Waals surface area contributed by atoms with Gasteiger partial charge in [-0.15, -0.1) is 0 Å². The van der Waals surface area contributed by atoms with Crippen molar-refractivity contribution in [1.82, 2.24) is 0 Å². The van der Waals surface area contributed by atoms with Gasteiger partial charge in [-0.1, -0.05) is 12.1 Å². The third-order valence-electron chi connectivity index (χ3n) is 6.67. The quantitative estimate of drug-likeness (QED) is 0.286. The summed E-state index contributed by atoms with van der Waals surface area (Å²) < 4.78 is 27.5. The van der Waals surface area contributed by atoms with Crippen molar-refractivity contribution in [2.75, 3.05) is 13.2 Å². The minimum Gasteiger partial charge on any atom is -0.508 e. The number of benzene rings is 1. The highest BCUT2D eigenvalue weighted by Crippen LogP contribution is 2.41. The Morgan fingerprint density at radius 3 is 2.50 bits per heavy atom. The number of esters is 2. The maximum Gasteiger partial charge on any atom is 0.337 e. The van der Waals surface area contributed by atoms with Gasteiger partial charge in [0.2, 0.25) is 6.29 Å². The zero-order valence-electron chi connectivity index (χ0n) is 19.5. The normalized spacial score (nSPS) is 36.2. The van der Waals surface area contributed by atoms with E-state index in [9.17, 15) is 35.1 Å². The van der Waals surface area contributed by atoms with Gasteiger partial charge in [-0.3, -0.25) is 4.79 Å². The summed E-state index contributed by atoms with van der Waals surface area (Å²) in [5.74, 6) is -2.41. The lowest BCUT2D eigenvalue weighted by molar-refractivity contribution is -0.346. The van der Waals surface area contributed by atoms with Crippen LogP contribution < -0.4 is 0 Å². The van der Waals surface area contributed by atoms with Gasteiger partial charge in [0.1, 0.15) is 36.3 Å². The first kappa shape index (κ1) is 26.3. The first-order chi connectivity index (χ1) is 17.2. The van der Waals surface area contributed by atoms with E-state index in [1.807, 2.05) is 0 Å². The Hall–Kier alpha value is -2.74. The lowest BCUT2D eigenvalue weighted by Crippen LogP contribution is -2.61. The van der Waals surface area contributed by atoms with Gasteiger partial charge in [0.25, 0.3) is 0 Å². The Labute approximate surface area is 206 Å². The van der Waals surface area contributed by atoms with E-state index in [1.165, 1.54) is 12.1 Å². The molecule has 0 bridgehead atoms. The van der Waals surface area contributed by atoms with E-state index in [4.69, 9.17) is 23.7 Å². The Bertz CT molecular complexity index is 960. The number of hydrogen-bond acceptors (Lipinski definition) is 12. The Kier molecular flexibility index (Phi) is 8.13. The number of aromatic hydroxyl groups is 1. The van der Waals surface area contributed by atoms with Crippen LogP contribution in [0.1, 0.15) is 18.9 Å². The van der Waals surface area contributed by atoms with Crippen LogP contribution in [0.15, 0.2) is 36.1 Å². The molecule has 4 rings (SSSR count). The summed E-state index contributed by atoms with van der Waals surface area (Å²) >= 11 is 0. The van der Waals surface area contributed by atoms with Crippen molar-refractivity contribution < 1.29 is 58.8 Å². The zero-order chi connectivity index (χ0) is 26.0. The van der Waals surface area contributed by atoms with Crippen molar-refractivity contribution in [2.45, 2.75) is 62.9 Å². The molecule has 0 saturated carbocycles. The lowest BCUT2D eigenvalue weighted by Gasteiger charge is -2.45. The second kappa shape index (κ2) is 11.1. The maximum absolute atomic E-state index is 12.9. The van der Waals surface area contributed by atoms with Crippen LogP contribution in [0.4, 0.5) is 0 Å². The molecule has 3 aliphatic rings. The largest absolute Gasteiger partial charge is 0.508 e. The lowest BCUT2D eigenvalue weighted by atomic mass is 9.77.